The number of ketones is 2. The van der Waals surface area contributed by atoms with Crippen LogP contribution in [0.3, 0.4) is 0 Å². The summed E-state index contributed by atoms with van der Waals surface area (Å²) >= 11 is 1.53. The minimum atomic E-state index is 0.0901. The van der Waals surface area contributed by atoms with E-state index in [4.69, 9.17) is 0 Å². The van der Waals surface area contributed by atoms with Gasteiger partial charge in [-0.15, -0.1) is 0 Å². The Kier molecular flexibility index (Phi) is 4.55. The summed E-state index contributed by atoms with van der Waals surface area (Å²) in [7, 11) is 3.12. The lowest BCUT2D eigenvalue weighted by molar-refractivity contribution is -0.114. The maximum absolute atomic E-state index is 11.2. The number of hydrogen-bond acceptors (Lipinski definition) is 5. The van der Waals surface area contributed by atoms with Crippen LogP contribution < -0.4 is 0 Å². The maximum Gasteiger partial charge on any atom is 0.157 e. The second kappa shape index (κ2) is 5.27. The minimum Gasteiger partial charge on any atom is -0.295 e. The SMILES string of the molecule is CC(=O)/C(C)=C1\SS/C(=C(\C)C(C)=O)S1. The molecular formula is C10H12O2S3. The molecule has 5 heteroatoms. The highest BCUT2D eigenvalue weighted by Crippen LogP contribution is 2.59. The zero-order valence-electron chi connectivity index (χ0n) is 9.04. The second-order valence-corrected chi connectivity index (χ2v) is 6.89. The molecular weight excluding hydrogens is 248 g/mol. The first-order valence-corrected chi connectivity index (χ1v) is 7.36. The molecule has 0 saturated carbocycles. The van der Waals surface area contributed by atoms with Crippen LogP contribution in [0.4, 0.5) is 0 Å². The van der Waals surface area contributed by atoms with Crippen LogP contribution in [0.2, 0.25) is 0 Å². The molecule has 0 aromatic rings. The van der Waals surface area contributed by atoms with E-state index in [1.165, 1.54) is 11.8 Å². The van der Waals surface area contributed by atoms with Gasteiger partial charge in [-0.3, -0.25) is 9.59 Å². The van der Waals surface area contributed by atoms with Crippen molar-refractivity contribution in [1.29, 1.82) is 0 Å². The zero-order chi connectivity index (χ0) is 11.6. The van der Waals surface area contributed by atoms with Crippen LogP contribution in [0.25, 0.3) is 0 Å². The second-order valence-electron chi connectivity index (χ2n) is 3.21. The first-order valence-electron chi connectivity index (χ1n) is 4.39. The van der Waals surface area contributed by atoms with Crippen LogP contribution in [0.1, 0.15) is 27.7 Å². The highest BCUT2D eigenvalue weighted by molar-refractivity contribution is 8.86. The molecule has 0 atom stereocenters. The maximum atomic E-state index is 11.2. The molecule has 0 aliphatic carbocycles. The van der Waals surface area contributed by atoms with E-state index in [1.807, 2.05) is 13.8 Å². The lowest BCUT2D eigenvalue weighted by Gasteiger charge is -1.99. The topological polar surface area (TPSA) is 34.1 Å². The number of carbonyl (C=O) groups is 2. The van der Waals surface area contributed by atoms with Crippen LogP contribution in [0.15, 0.2) is 19.6 Å². The van der Waals surface area contributed by atoms with Crippen molar-refractivity contribution in [1.82, 2.24) is 0 Å². The van der Waals surface area contributed by atoms with Crippen molar-refractivity contribution < 1.29 is 9.59 Å². The molecule has 0 amide bonds. The van der Waals surface area contributed by atoms with Crippen molar-refractivity contribution >= 4 is 44.9 Å². The highest BCUT2D eigenvalue weighted by atomic mass is 33.1. The summed E-state index contributed by atoms with van der Waals surface area (Å²) in [5.74, 6) is 0.180. The molecule has 0 spiro atoms. The van der Waals surface area contributed by atoms with Crippen molar-refractivity contribution in [2.75, 3.05) is 0 Å². The number of Topliss-reactive ketones (excluding diaryl/α,β-unsaturated/α-hetero) is 2. The number of thioether (sulfide) groups is 1. The van der Waals surface area contributed by atoms with Gasteiger partial charge < -0.3 is 0 Å². The van der Waals surface area contributed by atoms with Gasteiger partial charge in [0.15, 0.2) is 11.6 Å². The van der Waals surface area contributed by atoms with E-state index < -0.39 is 0 Å². The molecule has 0 bridgehead atoms. The van der Waals surface area contributed by atoms with Crippen LogP contribution in [-0.4, -0.2) is 11.6 Å². The van der Waals surface area contributed by atoms with Gasteiger partial charge >= 0.3 is 0 Å². The highest BCUT2D eigenvalue weighted by Gasteiger charge is 2.22. The standard InChI is InChI=1S/C10H12O2S3/c1-5(7(3)11)9-13-10(15-14-9)6(2)8(4)12/h1-4H3/b9-5-,10-6+. The third-order valence-electron chi connectivity index (χ3n) is 2.05. The van der Waals surface area contributed by atoms with E-state index in [9.17, 15) is 9.59 Å². The summed E-state index contributed by atoms with van der Waals surface area (Å²) in [4.78, 5) is 22.3. The number of hydrogen-bond donors (Lipinski definition) is 0. The summed E-state index contributed by atoms with van der Waals surface area (Å²) < 4.78 is 2.01. The van der Waals surface area contributed by atoms with E-state index in [2.05, 4.69) is 0 Å². The fourth-order valence-electron chi connectivity index (χ4n) is 0.759. The van der Waals surface area contributed by atoms with Crippen molar-refractivity contribution in [2.45, 2.75) is 27.7 Å². The number of rotatable bonds is 2. The van der Waals surface area contributed by atoms with E-state index >= 15 is 0 Å². The molecule has 0 aromatic carbocycles. The smallest absolute Gasteiger partial charge is 0.157 e. The van der Waals surface area contributed by atoms with Crippen molar-refractivity contribution in [3.63, 3.8) is 0 Å². The fourth-order valence-corrected chi connectivity index (χ4v) is 5.57. The third kappa shape index (κ3) is 3.16. The Labute approximate surface area is 102 Å². The summed E-state index contributed by atoms with van der Waals surface area (Å²) in [6.07, 6.45) is 0. The van der Waals surface area contributed by atoms with Gasteiger partial charge in [0.25, 0.3) is 0 Å². The largest absolute Gasteiger partial charge is 0.295 e. The van der Waals surface area contributed by atoms with Gasteiger partial charge in [-0.05, 0) is 49.3 Å². The van der Waals surface area contributed by atoms with E-state index in [1.54, 1.807) is 35.4 Å². The average molecular weight is 260 g/mol. The summed E-state index contributed by atoms with van der Waals surface area (Å²) in [5, 5.41) is 0. The van der Waals surface area contributed by atoms with Gasteiger partial charge in [-0.25, -0.2) is 0 Å². The van der Waals surface area contributed by atoms with Crippen LogP contribution in [-0.2, 0) is 9.59 Å². The van der Waals surface area contributed by atoms with Crippen LogP contribution >= 0.6 is 33.3 Å². The predicted octanol–water partition coefficient (Wildman–Crippen LogP) is 3.76. The Balaban J connectivity index is 2.94. The fraction of sp³-hybridized carbons (Fsp3) is 0.400. The van der Waals surface area contributed by atoms with Gasteiger partial charge in [0.05, 0.1) is 8.47 Å². The van der Waals surface area contributed by atoms with Gasteiger partial charge in [-0.2, -0.15) is 0 Å². The lowest BCUT2D eigenvalue weighted by atomic mass is 10.2. The Morgan fingerprint density at radius 3 is 1.40 bits per heavy atom. The van der Waals surface area contributed by atoms with Crippen molar-refractivity contribution in [2.24, 2.45) is 0 Å². The van der Waals surface area contributed by atoms with Crippen molar-refractivity contribution in [3.05, 3.63) is 19.6 Å². The molecule has 1 aliphatic heterocycles. The molecule has 1 saturated heterocycles. The Morgan fingerprint density at radius 1 is 0.800 bits per heavy atom. The van der Waals surface area contributed by atoms with Gasteiger partial charge in [0.1, 0.15) is 0 Å². The average Bonchev–Trinajstić information content (AvgIpc) is 2.63. The molecule has 1 fully saturated rings. The Hall–Kier alpha value is -0.130. The Morgan fingerprint density at radius 2 is 1.13 bits per heavy atom. The first kappa shape index (κ1) is 12.9. The first-order chi connectivity index (χ1) is 6.93. The van der Waals surface area contributed by atoms with Crippen LogP contribution in [0.5, 0.6) is 0 Å². The normalized spacial score (nSPS) is 22.7. The summed E-state index contributed by atoms with van der Waals surface area (Å²) in [5.41, 5.74) is 1.56. The third-order valence-corrected chi connectivity index (χ3v) is 6.91. The quantitative estimate of drug-likeness (QED) is 0.558. The molecule has 2 nitrogen and oxygen atoms in total. The Bertz CT molecular complexity index is 344. The number of allylic oxidation sites excluding steroid dienone is 2. The molecule has 15 heavy (non-hydrogen) atoms. The van der Waals surface area contributed by atoms with E-state index in [-0.39, 0.29) is 11.6 Å². The monoisotopic (exact) mass is 260 g/mol. The minimum absolute atomic E-state index is 0.0901. The summed E-state index contributed by atoms with van der Waals surface area (Å²) in [6.45, 7) is 6.77. The van der Waals surface area contributed by atoms with Gasteiger partial charge in [0, 0.05) is 11.1 Å². The molecule has 1 aliphatic rings. The molecule has 0 aromatic heterocycles. The zero-order valence-corrected chi connectivity index (χ0v) is 11.5. The lowest BCUT2D eigenvalue weighted by Crippen LogP contribution is -1.93. The summed E-state index contributed by atoms with van der Waals surface area (Å²) in [6, 6.07) is 0. The molecule has 1 rings (SSSR count). The molecule has 1 heterocycles. The predicted molar refractivity (Wildman–Crippen MR) is 69.5 cm³/mol. The molecule has 82 valence electrons. The van der Waals surface area contributed by atoms with Gasteiger partial charge in [0.2, 0.25) is 0 Å². The molecule has 0 radical (unpaired) electrons. The van der Waals surface area contributed by atoms with Crippen LogP contribution in [0, 0.1) is 0 Å². The molecule has 0 unspecified atom stereocenters. The van der Waals surface area contributed by atoms with E-state index in [0.717, 1.165) is 19.6 Å². The molecule has 0 N–H and O–H groups in total. The van der Waals surface area contributed by atoms with E-state index in [0.29, 0.717) is 0 Å². The van der Waals surface area contributed by atoms with Gasteiger partial charge in [-0.1, -0.05) is 11.8 Å². The number of carbonyl (C=O) groups excluding carboxylic acids is 2. The van der Waals surface area contributed by atoms with Crippen molar-refractivity contribution in [3.8, 4) is 0 Å².